The topological polar surface area (TPSA) is 23.6 Å². The molecule has 0 radical (unpaired) electrons. The minimum absolute atomic E-state index is 0.185. The Hall–Kier alpha value is -0.570. The second-order valence-corrected chi connectivity index (χ2v) is 5.70. The zero-order valence-corrected chi connectivity index (χ0v) is 9.63. The molecule has 2 aliphatic rings. The number of likely N-dealkylation sites (tertiary alicyclic amines) is 2. The van der Waals surface area contributed by atoms with Crippen LogP contribution in [0, 0.1) is 0 Å². The van der Waals surface area contributed by atoms with Gasteiger partial charge in [-0.05, 0) is 27.2 Å². The summed E-state index contributed by atoms with van der Waals surface area (Å²) < 4.78 is 0. The minimum atomic E-state index is 0.185. The highest BCUT2D eigenvalue weighted by Gasteiger charge is 2.53. The van der Waals surface area contributed by atoms with E-state index < -0.39 is 0 Å². The number of carbonyl (C=O) groups is 1. The Kier molecular flexibility index (Phi) is 1.94. The van der Waals surface area contributed by atoms with Crippen LogP contribution in [0.4, 0.5) is 0 Å². The predicted molar refractivity (Wildman–Crippen MR) is 56.1 cm³/mol. The van der Waals surface area contributed by atoms with Crippen molar-refractivity contribution in [3.63, 3.8) is 0 Å². The summed E-state index contributed by atoms with van der Waals surface area (Å²) in [6.07, 6.45) is 1.80. The van der Waals surface area contributed by atoms with Gasteiger partial charge in [-0.15, -0.1) is 0 Å². The molecule has 0 atom stereocenters. The molecular formula is C11H20N2O. The van der Waals surface area contributed by atoms with Gasteiger partial charge in [0.2, 0.25) is 5.91 Å². The fourth-order valence-electron chi connectivity index (χ4n) is 2.45. The van der Waals surface area contributed by atoms with E-state index in [9.17, 15) is 4.79 Å². The number of rotatable bonds is 0. The average molecular weight is 196 g/mol. The maximum absolute atomic E-state index is 11.4. The first kappa shape index (κ1) is 9.97. The lowest BCUT2D eigenvalue weighted by atomic mass is 9.83. The molecule has 0 aliphatic carbocycles. The first-order valence-electron chi connectivity index (χ1n) is 5.37. The second kappa shape index (κ2) is 2.72. The molecule has 14 heavy (non-hydrogen) atoms. The van der Waals surface area contributed by atoms with Crippen LogP contribution in [-0.4, -0.2) is 46.9 Å². The van der Waals surface area contributed by atoms with Crippen molar-refractivity contribution in [3.8, 4) is 0 Å². The molecule has 1 spiro atoms. The van der Waals surface area contributed by atoms with Crippen LogP contribution in [0.25, 0.3) is 0 Å². The summed E-state index contributed by atoms with van der Waals surface area (Å²) in [4.78, 5) is 15.9. The van der Waals surface area contributed by atoms with Crippen LogP contribution in [-0.2, 0) is 4.79 Å². The maximum atomic E-state index is 11.4. The molecule has 0 N–H and O–H groups in total. The smallest absolute Gasteiger partial charge is 0.222 e. The molecule has 2 fully saturated rings. The van der Waals surface area contributed by atoms with Crippen molar-refractivity contribution in [2.45, 2.75) is 44.7 Å². The third-order valence-electron chi connectivity index (χ3n) is 3.81. The molecule has 2 rings (SSSR count). The molecule has 1 amide bonds. The standard InChI is InChI=1S/C11H20N2O/c1-10(2,3)13-7-11(8-13)6-5-9(14)12(11)4/h5-8H2,1-4H3. The number of nitrogens with zero attached hydrogens (tertiary/aromatic N) is 2. The van der Waals surface area contributed by atoms with E-state index in [-0.39, 0.29) is 11.1 Å². The number of hydrogen-bond donors (Lipinski definition) is 0. The van der Waals surface area contributed by atoms with Gasteiger partial charge in [-0.3, -0.25) is 9.69 Å². The van der Waals surface area contributed by atoms with Gasteiger partial charge in [-0.25, -0.2) is 0 Å². The zero-order chi connectivity index (χ0) is 10.6. The normalized spacial score (nSPS) is 27.1. The third-order valence-corrected chi connectivity index (χ3v) is 3.81. The Labute approximate surface area is 86.1 Å². The van der Waals surface area contributed by atoms with Crippen molar-refractivity contribution >= 4 is 5.91 Å². The van der Waals surface area contributed by atoms with Gasteiger partial charge in [0, 0.05) is 32.1 Å². The molecule has 0 unspecified atom stereocenters. The lowest BCUT2D eigenvalue weighted by Crippen LogP contribution is -2.71. The minimum Gasteiger partial charge on any atom is -0.337 e. The summed E-state index contributed by atoms with van der Waals surface area (Å²) in [7, 11) is 1.95. The van der Waals surface area contributed by atoms with Gasteiger partial charge >= 0.3 is 0 Å². The maximum Gasteiger partial charge on any atom is 0.222 e. The highest BCUT2D eigenvalue weighted by Crippen LogP contribution is 2.40. The third kappa shape index (κ3) is 1.26. The lowest BCUT2D eigenvalue weighted by molar-refractivity contribution is -0.137. The van der Waals surface area contributed by atoms with E-state index in [1.54, 1.807) is 0 Å². The Morgan fingerprint density at radius 1 is 1.29 bits per heavy atom. The molecule has 3 heteroatoms. The Morgan fingerprint density at radius 3 is 2.21 bits per heavy atom. The van der Waals surface area contributed by atoms with E-state index in [1.165, 1.54) is 0 Å². The van der Waals surface area contributed by atoms with Gasteiger partial charge in [-0.1, -0.05) is 0 Å². The van der Waals surface area contributed by atoms with Gasteiger partial charge in [0.15, 0.2) is 0 Å². The van der Waals surface area contributed by atoms with Crippen LogP contribution in [0.2, 0.25) is 0 Å². The average Bonchev–Trinajstić information content (AvgIpc) is 2.25. The molecule has 2 saturated heterocycles. The first-order chi connectivity index (χ1) is 6.35. The van der Waals surface area contributed by atoms with Crippen LogP contribution < -0.4 is 0 Å². The van der Waals surface area contributed by atoms with Crippen LogP contribution in [0.1, 0.15) is 33.6 Å². The van der Waals surface area contributed by atoms with Crippen LogP contribution in [0.3, 0.4) is 0 Å². The molecule has 0 aromatic heterocycles. The van der Waals surface area contributed by atoms with Crippen molar-refractivity contribution in [3.05, 3.63) is 0 Å². The monoisotopic (exact) mass is 196 g/mol. The molecule has 0 aromatic rings. The van der Waals surface area contributed by atoms with Crippen molar-refractivity contribution in [1.82, 2.24) is 9.80 Å². The Morgan fingerprint density at radius 2 is 1.86 bits per heavy atom. The van der Waals surface area contributed by atoms with E-state index in [1.807, 2.05) is 11.9 Å². The predicted octanol–water partition coefficient (Wildman–Crippen LogP) is 1.09. The first-order valence-corrected chi connectivity index (χ1v) is 5.37. The Bertz CT molecular complexity index is 261. The summed E-state index contributed by atoms with van der Waals surface area (Å²) in [6.45, 7) is 8.81. The van der Waals surface area contributed by atoms with Gasteiger partial charge in [0.1, 0.15) is 0 Å². The molecule has 2 heterocycles. The van der Waals surface area contributed by atoms with E-state index in [2.05, 4.69) is 25.7 Å². The fourth-order valence-corrected chi connectivity index (χ4v) is 2.45. The quantitative estimate of drug-likeness (QED) is 0.579. The summed E-state index contributed by atoms with van der Waals surface area (Å²) in [5, 5.41) is 0. The van der Waals surface area contributed by atoms with E-state index in [0.717, 1.165) is 25.9 Å². The van der Waals surface area contributed by atoms with Crippen molar-refractivity contribution < 1.29 is 4.79 Å². The number of carbonyl (C=O) groups excluding carboxylic acids is 1. The highest BCUT2D eigenvalue weighted by molar-refractivity contribution is 5.79. The number of hydrogen-bond acceptors (Lipinski definition) is 2. The lowest BCUT2D eigenvalue weighted by Gasteiger charge is -2.56. The fraction of sp³-hybridized carbons (Fsp3) is 0.909. The number of amides is 1. The van der Waals surface area contributed by atoms with Gasteiger partial charge in [-0.2, -0.15) is 0 Å². The molecule has 3 nitrogen and oxygen atoms in total. The van der Waals surface area contributed by atoms with E-state index in [4.69, 9.17) is 0 Å². The molecular weight excluding hydrogens is 176 g/mol. The molecule has 2 aliphatic heterocycles. The van der Waals surface area contributed by atoms with Crippen LogP contribution in [0.5, 0.6) is 0 Å². The highest BCUT2D eigenvalue weighted by atomic mass is 16.2. The Balaban J connectivity index is 2.02. The van der Waals surface area contributed by atoms with Gasteiger partial charge < -0.3 is 4.90 Å². The summed E-state index contributed by atoms with van der Waals surface area (Å²) in [5.41, 5.74) is 0.433. The molecule has 0 aromatic carbocycles. The van der Waals surface area contributed by atoms with Crippen LogP contribution in [0.15, 0.2) is 0 Å². The summed E-state index contributed by atoms with van der Waals surface area (Å²) >= 11 is 0. The molecule has 80 valence electrons. The van der Waals surface area contributed by atoms with Crippen molar-refractivity contribution in [2.75, 3.05) is 20.1 Å². The van der Waals surface area contributed by atoms with Gasteiger partial charge in [0.25, 0.3) is 0 Å². The number of likely N-dealkylation sites (N-methyl/N-ethyl adjacent to an activating group) is 1. The zero-order valence-electron chi connectivity index (χ0n) is 9.63. The SMILES string of the molecule is CN1C(=O)CCC12CN(C(C)(C)C)C2. The molecule has 0 saturated carbocycles. The second-order valence-electron chi connectivity index (χ2n) is 5.70. The van der Waals surface area contributed by atoms with E-state index >= 15 is 0 Å². The largest absolute Gasteiger partial charge is 0.337 e. The van der Waals surface area contributed by atoms with Gasteiger partial charge in [0.05, 0.1) is 5.54 Å². The van der Waals surface area contributed by atoms with E-state index in [0.29, 0.717) is 5.91 Å². The van der Waals surface area contributed by atoms with Crippen molar-refractivity contribution in [2.24, 2.45) is 0 Å². The summed E-state index contributed by atoms with van der Waals surface area (Å²) in [6, 6.07) is 0. The summed E-state index contributed by atoms with van der Waals surface area (Å²) in [5.74, 6) is 0.318. The van der Waals surface area contributed by atoms with Crippen molar-refractivity contribution in [1.29, 1.82) is 0 Å². The molecule has 0 bridgehead atoms. The van der Waals surface area contributed by atoms with Crippen LogP contribution >= 0.6 is 0 Å².